The number of nitrogens with zero attached hydrogens (tertiary/aromatic N) is 1. The number of aldehydes is 1. The lowest BCUT2D eigenvalue weighted by molar-refractivity contribution is -0.115. The summed E-state index contributed by atoms with van der Waals surface area (Å²) in [7, 11) is 0. The molecule has 1 saturated heterocycles. The molecule has 1 heterocycles. The van der Waals surface area contributed by atoms with E-state index >= 15 is 0 Å². The number of hydrogen-bond donors (Lipinski definition) is 0. The van der Waals surface area contributed by atoms with E-state index in [9.17, 15) is 4.79 Å². The van der Waals surface area contributed by atoms with Gasteiger partial charge in [0.1, 0.15) is 6.29 Å². The van der Waals surface area contributed by atoms with Crippen molar-refractivity contribution in [3.63, 3.8) is 0 Å². The third kappa shape index (κ3) is 3.69. The van der Waals surface area contributed by atoms with Crippen molar-refractivity contribution >= 4 is 18.0 Å². The maximum absolute atomic E-state index is 10.7. The minimum Gasteiger partial charge on any atom is -0.303 e. The Morgan fingerprint density at radius 2 is 2.31 bits per heavy atom. The zero-order valence-electron chi connectivity index (χ0n) is 8.75. The van der Waals surface area contributed by atoms with Crippen LogP contribution in [0.4, 0.5) is 0 Å². The maximum Gasteiger partial charge on any atom is 0.126 e. The molecule has 0 aliphatic carbocycles. The molecule has 1 atom stereocenters. The van der Waals surface area contributed by atoms with Gasteiger partial charge < -0.3 is 9.69 Å². The van der Waals surface area contributed by atoms with Gasteiger partial charge in [0.2, 0.25) is 0 Å². The molecule has 0 spiro atoms. The summed E-state index contributed by atoms with van der Waals surface area (Å²) in [6.45, 7) is 9.43. The van der Waals surface area contributed by atoms with Crippen molar-refractivity contribution in [3.8, 4) is 0 Å². The van der Waals surface area contributed by atoms with Gasteiger partial charge in [-0.1, -0.05) is 20.8 Å². The molecular formula is C10H19NOS. The Hall–Kier alpha value is -0.0200. The van der Waals surface area contributed by atoms with E-state index in [4.69, 9.17) is 0 Å². The van der Waals surface area contributed by atoms with Gasteiger partial charge in [-0.15, -0.1) is 0 Å². The molecule has 0 amide bonds. The highest BCUT2D eigenvalue weighted by atomic mass is 32.2. The number of rotatable bonds is 3. The average molecular weight is 201 g/mol. The van der Waals surface area contributed by atoms with Crippen LogP contribution in [0.1, 0.15) is 20.8 Å². The van der Waals surface area contributed by atoms with Crippen LogP contribution in [-0.2, 0) is 4.79 Å². The van der Waals surface area contributed by atoms with E-state index in [1.807, 2.05) is 25.6 Å². The van der Waals surface area contributed by atoms with Crippen molar-refractivity contribution in [1.29, 1.82) is 0 Å². The van der Waals surface area contributed by atoms with E-state index in [1.54, 1.807) is 0 Å². The van der Waals surface area contributed by atoms with Gasteiger partial charge in [0.25, 0.3) is 0 Å². The first-order chi connectivity index (χ1) is 6.03. The van der Waals surface area contributed by atoms with Crippen molar-refractivity contribution in [1.82, 2.24) is 4.90 Å². The van der Waals surface area contributed by atoms with Crippen LogP contribution >= 0.6 is 11.8 Å². The lowest BCUT2D eigenvalue weighted by Gasteiger charge is -2.34. The Morgan fingerprint density at radius 3 is 2.85 bits per heavy atom. The summed E-state index contributed by atoms with van der Waals surface area (Å²) in [6.07, 6.45) is 1.07. The molecule has 1 aliphatic rings. The lowest BCUT2D eigenvalue weighted by Crippen LogP contribution is -2.42. The van der Waals surface area contributed by atoms with Crippen molar-refractivity contribution in [2.45, 2.75) is 26.0 Å². The van der Waals surface area contributed by atoms with Gasteiger partial charge in [-0.05, 0) is 0 Å². The largest absolute Gasteiger partial charge is 0.303 e. The molecule has 1 rings (SSSR count). The second kappa shape index (κ2) is 4.47. The fourth-order valence-corrected chi connectivity index (χ4v) is 2.73. The van der Waals surface area contributed by atoms with Gasteiger partial charge in [0.05, 0.1) is 0 Å². The Bertz CT molecular complexity index is 182. The van der Waals surface area contributed by atoms with Crippen molar-refractivity contribution in [2.24, 2.45) is 5.41 Å². The van der Waals surface area contributed by atoms with E-state index in [0.717, 1.165) is 31.2 Å². The van der Waals surface area contributed by atoms with Gasteiger partial charge in [-0.25, -0.2) is 0 Å². The lowest BCUT2D eigenvalue weighted by atomic mass is 9.95. The van der Waals surface area contributed by atoms with E-state index in [1.165, 1.54) is 5.75 Å². The Labute approximate surface area is 85.1 Å². The molecule has 13 heavy (non-hydrogen) atoms. The Balaban J connectivity index is 2.39. The monoisotopic (exact) mass is 201 g/mol. The molecule has 0 aromatic carbocycles. The first-order valence-electron chi connectivity index (χ1n) is 4.84. The van der Waals surface area contributed by atoms with E-state index in [0.29, 0.717) is 0 Å². The van der Waals surface area contributed by atoms with Crippen molar-refractivity contribution in [3.05, 3.63) is 0 Å². The van der Waals surface area contributed by atoms with Crippen LogP contribution in [0.15, 0.2) is 0 Å². The topological polar surface area (TPSA) is 20.3 Å². The summed E-state index contributed by atoms with van der Waals surface area (Å²) in [4.78, 5) is 13.1. The summed E-state index contributed by atoms with van der Waals surface area (Å²) in [6, 6.07) is 0. The number of thioether (sulfide) groups is 1. The molecule has 0 radical (unpaired) electrons. The van der Waals surface area contributed by atoms with Crippen LogP contribution in [0, 0.1) is 5.41 Å². The molecule has 0 saturated carbocycles. The zero-order chi connectivity index (χ0) is 9.90. The third-order valence-corrected chi connectivity index (χ3v) is 3.41. The Morgan fingerprint density at radius 1 is 1.62 bits per heavy atom. The van der Waals surface area contributed by atoms with Crippen LogP contribution in [0.3, 0.4) is 0 Å². The van der Waals surface area contributed by atoms with E-state index < -0.39 is 0 Å². The highest BCUT2D eigenvalue weighted by Gasteiger charge is 2.24. The predicted octanol–water partition coefficient (Wildman–Crippen LogP) is 1.65. The molecule has 0 aromatic heterocycles. The molecule has 1 aliphatic heterocycles. The van der Waals surface area contributed by atoms with Crippen LogP contribution in [0.2, 0.25) is 0 Å². The third-order valence-electron chi connectivity index (χ3n) is 2.28. The minimum absolute atomic E-state index is 0.179. The van der Waals surface area contributed by atoms with Crippen LogP contribution < -0.4 is 0 Å². The average Bonchev–Trinajstić information content (AvgIpc) is 2.03. The van der Waals surface area contributed by atoms with Gasteiger partial charge in [0.15, 0.2) is 0 Å². The standard InChI is InChI=1S/C10H19NOS/c1-9-6-11(4-5-13-9)7-10(2,3)8-12/h8-9H,4-7H2,1-3H3. The smallest absolute Gasteiger partial charge is 0.126 e. The second-order valence-corrected chi connectivity index (χ2v) is 6.07. The number of hydrogen-bond acceptors (Lipinski definition) is 3. The van der Waals surface area contributed by atoms with E-state index in [-0.39, 0.29) is 5.41 Å². The van der Waals surface area contributed by atoms with Gasteiger partial charge in [0, 0.05) is 36.1 Å². The highest BCUT2D eigenvalue weighted by molar-refractivity contribution is 7.99. The highest BCUT2D eigenvalue weighted by Crippen LogP contribution is 2.21. The van der Waals surface area contributed by atoms with Crippen molar-refractivity contribution < 1.29 is 4.79 Å². The van der Waals surface area contributed by atoms with Crippen LogP contribution in [0.5, 0.6) is 0 Å². The quantitative estimate of drug-likeness (QED) is 0.648. The maximum atomic E-state index is 10.7. The molecule has 1 fully saturated rings. The Kier molecular flexibility index (Phi) is 3.80. The van der Waals surface area contributed by atoms with E-state index in [2.05, 4.69) is 11.8 Å². The number of carbonyl (C=O) groups excluding carboxylic acids is 1. The summed E-state index contributed by atoms with van der Waals surface area (Å²) in [5.74, 6) is 1.20. The predicted molar refractivity (Wildman–Crippen MR) is 58.2 cm³/mol. The first-order valence-corrected chi connectivity index (χ1v) is 5.89. The second-order valence-electron chi connectivity index (χ2n) is 4.52. The summed E-state index contributed by atoms with van der Waals surface area (Å²) in [5, 5.41) is 0.719. The molecule has 76 valence electrons. The van der Waals surface area contributed by atoms with Gasteiger partial charge in [-0.3, -0.25) is 0 Å². The summed E-state index contributed by atoms with van der Waals surface area (Å²) >= 11 is 2.03. The summed E-state index contributed by atoms with van der Waals surface area (Å²) < 4.78 is 0. The minimum atomic E-state index is -0.179. The fraction of sp³-hybridized carbons (Fsp3) is 0.900. The van der Waals surface area contributed by atoms with Gasteiger partial charge in [-0.2, -0.15) is 11.8 Å². The molecular weight excluding hydrogens is 182 g/mol. The zero-order valence-corrected chi connectivity index (χ0v) is 9.56. The normalized spacial score (nSPS) is 25.9. The number of carbonyl (C=O) groups is 1. The van der Waals surface area contributed by atoms with Crippen LogP contribution in [0.25, 0.3) is 0 Å². The molecule has 0 aromatic rings. The fourth-order valence-electron chi connectivity index (χ4n) is 1.65. The molecule has 0 N–H and O–H groups in total. The molecule has 2 nitrogen and oxygen atoms in total. The van der Waals surface area contributed by atoms with Crippen LogP contribution in [-0.4, -0.2) is 41.8 Å². The molecule has 1 unspecified atom stereocenters. The summed E-state index contributed by atoms with van der Waals surface area (Å²) in [5.41, 5.74) is -0.179. The SMILES string of the molecule is CC1CN(CC(C)(C)C=O)CCS1. The molecule has 0 bridgehead atoms. The first kappa shape index (κ1) is 11.1. The molecule has 3 heteroatoms. The van der Waals surface area contributed by atoms with Gasteiger partial charge >= 0.3 is 0 Å². The van der Waals surface area contributed by atoms with Crippen molar-refractivity contribution in [2.75, 3.05) is 25.4 Å².